The molecule has 7 heteroatoms. The molecular weight excluding hydrogens is 448 g/mol. The molecule has 0 spiro atoms. The zero-order valence-corrected chi connectivity index (χ0v) is 19.1. The summed E-state index contributed by atoms with van der Waals surface area (Å²) in [5.74, 6) is 0.917. The van der Waals surface area contributed by atoms with Crippen molar-refractivity contribution in [1.82, 2.24) is 14.8 Å². The first-order chi connectivity index (χ1) is 13.9. The third kappa shape index (κ3) is 5.16. The Labute approximate surface area is 183 Å². The summed E-state index contributed by atoms with van der Waals surface area (Å²) in [7, 11) is 0. The number of anilines is 1. The van der Waals surface area contributed by atoms with Crippen LogP contribution in [0.4, 0.5) is 5.69 Å². The van der Waals surface area contributed by atoms with E-state index >= 15 is 0 Å². The highest BCUT2D eigenvalue weighted by molar-refractivity contribution is 9.10. The van der Waals surface area contributed by atoms with Gasteiger partial charge in [-0.3, -0.25) is 9.36 Å². The van der Waals surface area contributed by atoms with E-state index in [1.54, 1.807) is 6.08 Å². The van der Waals surface area contributed by atoms with E-state index in [1.807, 2.05) is 55.7 Å². The predicted molar refractivity (Wildman–Crippen MR) is 123 cm³/mol. The third-order valence-electron chi connectivity index (χ3n) is 4.49. The lowest BCUT2D eigenvalue weighted by Gasteiger charge is -2.11. The summed E-state index contributed by atoms with van der Waals surface area (Å²) >= 11 is 4.88. The Kier molecular flexibility index (Phi) is 6.92. The molecule has 1 aromatic heterocycles. The topological polar surface area (TPSA) is 59.8 Å². The van der Waals surface area contributed by atoms with Crippen LogP contribution in [0.1, 0.15) is 16.7 Å². The molecule has 29 heavy (non-hydrogen) atoms. The van der Waals surface area contributed by atoms with Gasteiger partial charge in [0, 0.05) is 16.6 Å². The molecule has 1 heterocycles. The molecule has 1 amide bonds. The van der Waals surface area contributed by atoms with Crippen molar-refractivity contribution in [3.8, 4) is 11.4 Å². The summed E-state index contributed by atoms with van der Waals surface area (Å²) in [6, 6.07) is 12.1. The Balaban J connectivity index is 1.74. The van der Waals surface area contributed by atoms with Gasteiger partial charge in [-0.15, -0.1) is 16.8 Å². The van der Waals surface area contributed by atoms with Crippen molar-refractivity contribution >= 4 is 39.3 Å². The van der Waals surface area contributed by atoms with Gasteiger partial charge in [-0.1, -0.05) is 41.6 Å². The third-order valence-corrected chi connectivity index (χ3v) is 6.12. The second-order valence-electron chi connectivity index (χ2n) is 6.83. The number of halogens is 1. The fourth-order valence-corrected chi connectivity index (χ4v) is 4.18. The first-order valence-corrected chi connectivity index (χ1v) is 11.0. The van der Waals surface area contributed by atoms with E-state index in [9.17, 15) is 4.79 Å². The lowest BCUT2D eigenvalue weighted by atomic mass is 10.1. The monoisotopic (exact) mass is 470 g/mol. The number of hydrogen-bond donors (Lipinski definition) is 1. The minimum absolute atomic E-state index is 0.0933. The minimum Gasteiger partial charge on any atom is -0.324 e. The molecule has 2 aromatic carbocycles. The number of nitrogens with zero attached hydrogens (tertiary/aromatic N) is 3. The van der Waals surface area contributed by atoms with Gasteiger partial charge in [0.1, 0.15) is 0 Å². The van der Waals surface area contributed by atoms with Crippen molar-refractivity contribution in [2.75, 3.05) is 11.1 Å². The summed E-state index contributed by atoms with van der Waals surface area (Å²) in [6.07, 6.45) is 1.80. The van der Waals surface area contributed by atoms with Gasteiger partial charge in [-0.25, -0.2) is 0 Å². The van der Waals surface area contributed by atoms with Crippen LogP contribution in [0.25, 0.3) is 11.4 Å². The summed E-state index contributed by atoms with van der Waals surface area (Å²) < 4.78 is 2.85. The molecule has 0 saturated heterocycles. The number of amides is 1. The second-order valence-corrected chi connectivity index (χ2v) is 8.62. The minimum atomic E-state index is -0.0933. The lowest BCUT2D eigenvalue weighted by Crippen LogP contribution is -2.15. The molecule has 3 rings (SSSR count). The average molecular weight is 471 g/mol. The van der Waals surface area contributed by atoms with Gasteiger partial charge in [0.05, 0.1) is 11.4 Å². The van der Waals surface area contributed by atoms with Crippen LogP contribution in [0.2, 0.25) is 0 Å². The highest BCUT2D eigenvalue weighted by Crippen LogP contribution is 2.28. The van der Waals surface area contributed by atoms with Crippen LogP contribution < -0.4 is 5.32 Å². The van der Waals surface area contributed by atoms with Gasteiger partial charge in [-0.2, -0.15) is 0 Å². The van der Waals surface area contributed by atoms with Crippen molar-refractivity contribution in [3.63, 3.8) is 0 Å². The van der Waals surface area contributed by atoms with Gasteiger partial charge in [0.15, 0.2) is 11.0 Å². The van der Waals surface area contributed by atoms with Gasteiger partial charge in [-0.05, 0) is 66.0 Å². The smallest absolute Gasteiger partial charge is 0.234 e. The number of nitrogens with one attached hydrogen (secondary N) is 1. The van der Waals surface area contributed by atoms with Gasteiger partial charge < -0.3 is 5.32 Å². The molecular formula is C22H23BrN4OS. The molecule has 5 nitrogen and oxygen atoms in total. The normalized spacial score (nSPS) is 10.8. The summed E-state index contributed by atoms with van der Waals surface area (Å²) in [6.45, 7) is 10.5. The second kappa shape index (κ2) is 9.41. The number of aromatic nitrogens is 3. The average Bonchev–Trinajstić information content (AvgIpc) is 3.07. The molecule has 0 fully saturated rings. The Morgan fingerprint density at radius 3 is 2.69 bits per heavy atom. The fourth-order valence-electron chi connectivity index (χ4n) is 2.88. The number of carbonyl (C=O) groups excluding carboxylic acids is 1. The maximum absolute atomic E-state index is 12.5. The van der Waals surface area contributed by atoms with Crippen molar-refractivity contribution in [1.29, 1.82) is 0 Å². The van der Waals surface area contributed by atoms with Crippen LogP contribution in [-0.2, 0) is 11.3 Å². The number of benzene rings is 2. The number of hydrogen-bond acceptors (Lipinski definition) is 4. The van der Waals surface area contributed by atoms with Crippen molar-refractivity contribution in [3.05, 3.63) is 70.2 Å². The first kappa shape index (κ1) is 21.3. The number of rotatable bonds is 7. The van der Waals surface area contributed by atoms with Crippen LogP contribution in [0.3, 0.4) is 0 Å². The molecule has 0 atom stereocenters. The molecule has 150 valence electrons. The number of allylic oxidation sites excluding steroid dienone is 1. The Bertz CT molecular complexity index is 1060. The predicted octanol–water partition coefficient (Wildman–Crippen LogP) is 5.55. The van der Waals surface area contributed by atoms with Crippen molar-refractivity contribution in [2.24, 2.45) is 0 Å². The van der Waals surface area contributed by atoms with Crippen molar-refractivity contribution < 1.29 is 4.79 Å². The van der Waals surface area contributed by atoms with Gasteiger partial charge >= 0.3 is 0 Å². The van der Waals surface area contributed by atoms with Crippen LogP contribution >= 0.6 is 27.7 Å². The number of thioether (sulfide) groups is 1. The maximum Gasteiger partial charge on any atom is 0.234 e. The first-order valence-electron chi connectivity index (χ1n) is 9.19. The van der Waals surface area contributed by atoms with E-state index in [0.29, 0.717) is 11.7 Å². The van der Waals surface area contributed by atoms with Gasteiger partial charge in [0.2, 0.25) is 5.91 Å². The Morgan fingerprint density at radius 2 is 1.97 bits per heavy atom. The largest absolute Gasteiger partial charge is 0.324 e. The molecule has 0 bridgehead atoms. The van der Waals surface area contributed by atoms with E-state index < -0.39 is 0 Å². The molecule has 0 aliphatic rings. The maximum atomic E-state index is 12.5. The summed E-state index contributed by atoms with van der Waals surface area (Å²) in [5.41, 5.74) is 5.22. The van der Waals surface area contributed by atoms with Crippen LogP contribution in [0.15, 0.2) is 58.7 Å². The standard InChI is InChI=1S/C22H23BrN4OS/c1-5-9-27-21(17-8-6-7-14(2)10-17)25-26-22(27)29-13-20(28)24-19-12-16(4)15(3)11-18(19)23/h5-8,10-12H,1,9,13H2,2-4H3,(H,24,28). The Morgan fingerprint density at radius 1 is 1.21 bits per heavy atom. The molecule has 0 unspecified atom stereocenters. The zero-order chi connectivity index (χ0) is 21.0. The van der Waals surface area contributed by atoms with Crippen molar-refractivity contribution in [2.45, 2.75) is 32.5 Å². The zero-order valence-electron chi connectivity index (χ0n) is 16.7. The molecule has 0 aliphatic carbocycles. The van der Waals surface area contributed by atoms with Crippen LogP contribution in [0.5, 0.6) is 0 Å². The molecule has 1 N–H and O–H groups in total. The van der Waals surface area contributed by atoms with E-state index in [4.69, 9.17) is 0 Å². The lowest BCUT2D eigenvalue weighted by molar-refractivity contribution is -0.113. The molecule has 0 saturated carbocycles. The van der Waals surface area contributed by atoms with E-state index in [-0.39, 0.29) is 11.7 Å². The number of carbonyl (C=O) groups is 1. The molecule has 0 aliphatic heterocycles. The number of aryl methyl sites for hydroxylation is 3. The van der Waals surface area contributed by atoms with E-state index in [0.717, 1.165) is 32.7 Å². The SMILES string of the molecule is C=CCn1c(SCC(=O)Nc2cc(C)c(C)cc2Br)nnc1-c1cccc(C)c1. The fraction of sp³-hybridized carbons (Fsp3) is 0.227. The van der Waals surface area contributed by atoms with Crippen LogP contribution in [-0.4, -0.2) is 26.4 Å². The quantitative estimate of drug-likeness (QED) is 0.363. The Hall–Kier alpha value is -2.38. The van der Waals surface area contributed by atoms with E-state index in [2.05, 4.69) is 44.1 Å². The van der Waals surface area contributed by atoms with E-state index in [1.165, 1.54) is 17.3 Å². The summed E-state index contributed by atoms with van der Waals surface area (Å²) in [4.78, 5) is 12.5. The van der Waals surface area contributed by atoms with Gasteiger partial charge in [0.25, 0.3) is 0 Å². The highest BCUT2D eigenvalue weighted by atomic mass is 79.9. The molecule has 3 aromatic rings. The highest BCUT2D eigenvalue weighted by Gasteiger charge is 2.15. The summed E-state index contributed by atoms with van der Waals surface area (Å²) in [5, 5.41) is 12.3. The van der Waals surface area contributed by atoms with Crippen LogP contribution in [0, 0.1) is 20.8 Å². The molecule has 0 radical (unpaired) electrons.